The predicted molar refractivity (Wildman–Crippen MR) is 581 cm³/mol. The lowest BCUT2D eigenvalue weighted by molar-refractivity contribution is 0.0806. The Hall–Kier alpha value is -14.7. The van der Waals surface area contributed by atoms with Crippen molar-refractivity contribution in [2.45, 2.75) is 216 Å². The van der Waals surface area contributed by atoms with Crippen molar-refractivity contribution in [3.63, 3.8) is 0 Å². The van der Waals surface area contributed by atoms with E-state index in [4.69, 9.17) is 28.7 Å². The second-order valence-corrected chi connectivity index (χ2v) is 39.9. The summed E-state index contributed by atoms with van der Waals surface area (Å²) in [6.45, 7) is 29.3. The molecular weight excluding hydrogens is 1770 g/mol. The Bertz CT molecular complexity index is 7380. The van der Waals surface area contributed by atoms with E-state index in [9.17, 15) is 55.9 Å². The van der Waals surface area contributed by atoms with Crippen LogP contribution in [0.1, 0.15) is 231 Å². The van der Waals surface area contributed by atoms with Crippen LogP contribution >= 0.6 is 0 Å². The van der Waals surface area contributed by atoms with E-state index >= 15 is 0 Å². The van der Waals surface area contributed by atoms with Crippen LogP contribution in [-0.4, -0.2) is 71.1 Å². The molecule has 14 aromatic rings. The SMILES string of the molecule is C#CC1(O)CCCc2cc(-c3cc(C)c(O)c(C)c3)ccc21.C#CC1(O)CCc2cc(-c3cc(C)c(O)c(C)c3)ccc21.C#CC1(O)CCc2cc(-c3cc(C)c(OC)c(C)c3)ccc21.COC1CCc2cc(-c3cc(C)c(O)c(C)c3)ccc21.Cc1cc(-c2ccc3c(c2)C=CC3=O)cc(C)c1O.Cc1cc(-c2ccc3c(c2)C=CC3C)cc(C)c1O.Cc1cc(-c2ccc3c(c2)CCCC3O)cc(C)c1O. The number of methoxy groups -OCH3 is 2. The van der Waals surface area contributed by atoms with Gasteiger partial charge in [0.2, 0.25) is 0 Å². The van der Waals surface area contributed by atoms with Gasteiger partial charge in [-0.3, -0.25) is 4.79 Å². The standard InChI is InChI=1S/2C20H20O2.C19H18O2.2C18H20O2.C18H18O.C17H14O2/c1-5-20(21)9-8-16-12-15(6-7-18(16)20)17-10-13(2)19(22-4)14(3)11-17;1-4-20(22)9-5-6-16-12-15(7-8-18(16)20)17-10-13(2)19(21)14(3)11-17;1-4-19(21)8-7-15-11-14(5-6-17(15)19)16-9-12(2)18(20)13(3)10-16;1-11-8-15(9-12(2)18(11)19)13-4-6-16-14(10-13)5-7-17(16)20-3;1-11-8-15(9-12(2)18(11)20)13-6-7-16-14(10-13)4-3-5-17(16)19;1-11-4-5-15-10-14(6-7-17(11)15)16-8-12(2)18(19)13(3)9-16;1-10-7-14(8-11(2)17(10)19)12-3-5-15-13(9-12)4-6-16(15)18/h1,6-7,10-12,21H,8-9H2,2-4H3;1,7-8,10-12,21-22H,5-6,9H2,2-3H3;1,5-6,9-11,20-21H,7-8H2,2-3H3;4,6,8-10,17,19H,5,7H2,1-3H3;6-10,17,19-20H,3-5H2,1-2H3;4-11,19H,1-3H3;3-9,19H,1-2H3. The van der Waals surface area contributed by atoms with Gasteiger partial charge in [0.1, 0.15) is 40.2 Å². The molecule has 13 nitrogen and oxygen atoms in total. The number of allylic oxidation sites excluding steroid dienone is 2. The quantitative estimate of drug-likeness (QED) is 0.0606. The van der Waals surface area contributed by atoms with Crippen molar-refractivity contribution in [3.8, 4) is 155 Å². The molecule has 21 rings (SSSR count). The molecule has 13 heteroatoms. The monoisotopic (exact) mass is 1900 g/mol. The van der Waals surface area contributed by atoms with Gasteiger partial charge in [0.05, 0.1) is 19.3 Å². The number of hydrogen-bond donors (Lipinski definition) is 10. The average molecular weight is 1900 g/mol. The van der Waals surface area contributed by atoms with Crippen LogP contribution in [0, 0.1) is 134 Å². The molecule has 0 saturated carbocycles. The third kappa shape index (κ3) is 21.7. The highest BCUT2D eigenvalue weighted by Gasteiger charge is 2.38. The van der Waals surface area contributed by atoms with Gasteiger partial charge in [0, 0.05) is 12.7 Å². The van der Waals surface area contributed by atoms with E-state index in [2.05, 4.69) is 130 Å². The number of hydrogen-bond acceptors (Lipinski definition) is 13. The number of fused-ring (bicyclic) bond motifs is 7. The first-order valence-corrected chi connectivity index (χ1v) is 49.3. The van der Waals surface area contributed by atoms with Gasteiger partial charge in [-0.05, 0) is 517 Å². The second kappa shape index (κ2) is 42.6. The molecular formula is C130H130O13. The maximum atomic E-state index is 11.5. The number of ether oxygens (including phenoxy) is 2. The van der Waals surface area contributed by atoms with Crippen molar-refractivity contribution in [2.24, 2.45) is 0 Å². The summed E-state index contributed by atoms with van der Waals surface area (Å²) in [6, 6.07) is 71.9. The number of ketones is 1. The average Bonchev–Trinajstić information content (AvgIpc) is 1.77. The molecule has 14 aromatic carbocycles. The van der Waals surface area contributed by atoms with E-state index in [0.29, 0.717) is 59.7 Å². The summed E-state index contributed by atoms with van der Waals surface area (Å²) in [7, 11) is 3.48. The Kier molecular flexibility index (Phi) is 30.6. The molecule has 0 fully saturated rings. The molecule has 7 aliphatic rings. The smallest absolute Gasteiger partial charge is 0.186 e. The van der Waals surface area contributed by atoms with Gasteiger partial charge in [-0.1, -0.05) is 152 Å². The highest BCUT2D eigenvalue weighted by atomic mass is 16.5. The number of carbonyl (C=O) groups is 1. The van der Waals surface area contributed by atoms with Gasteiger partial charge >= 0.3 is 0 Å². The number of phenolic OH excluding ortho intramolecular Hbond substituents is 6. The van der Waals surface area contributed by atoms with Crippen molar-refractivity contribution in [3.05, 3.63) is 380 Å². The number of terminal acetylenes is 3. The van der Waals surface area contributed by atoms with Crippen molar-refractivity contribution in [1.82, 2.24) is 0 Å². The van der Waals surface area contributed by atoms with Crippen LogP contribution in [0.4, 0.5) is 0 Å². The van der Waals surface area contributed by atoms with Gasteiger partial charge in [-0.15, -0.1) is 19.3 Å². The number of aliphatic hydroxyl groups excluding tert-OH is 1. The number of aliphatic hydroxyl groups is 4. The lowest BCUT2D eigenvalue weighted by Gasteiger charge is -2.30. The van der Waals surface area contributed by atoms with Crippen LogP contribution in [0.5, 0.6) is 40.2 Å². The first-order valence-electron chi connectivity index (χ1n) is 49.3. The fraction of sp³-hybridized carbons (Fsp3) is 0.269. The van der Waals surface area contributed by atoms with Crippen molar-refractivity contribution >= 4 is 17.9 Å². The number of aromatic hydroxyl groups is 6. The molecule has 0 amide bonds. The molecule has 0 bridgehead atoms. The molecule has 0 heterocycles. The summed E-state index contributed by atoms with van der Waals surface area (Å²) in [6.07, 6.45) is 34.6. The number of rotatable bonds is 9. The maximum Gasteiger partial charge on any atom is 0.186 e. The lowest BCUT2D eigenvalue weighted by Crippen LogP contribution is -2.28. The molecule has 0 saturated heterocycles. The Labute approximate surface area is 843 Å². The summed E-state index contributed by atoms with van der Waals surface area (Å²) < 4.78 is 10.9. The molecule has 10 N–H and O–H groups in total. The zero-order chi connectivity index (χ0) is 103. The zero-order valence-corrected chi connectivity index (χ0v) is 85.2. The largest absolute Gasteiger partial charge is 0.507 e. The Morgan fingerprint density at radius 2 is 0.608 bits per heavy atom. The van der Waals surface area contributed by atoms with E-state index in [1.54, 1.807) is 20.3 Å². The van der Waals surface area contributed by atoms with E-state index in [0.717, 1.165) is 247 Å². The first kappa shape index (κ1) is 103. The lowest BCUT2D eigenvalue weighted by atomic mass is 9.78. The Morgan fingerprint density at radius 1 is 0.308 bits per heavy atom. The highest BCUT2D eigenvalue weighted by molar-refractivity contribution is 6.14. The number of aryl methyl sites for hydroxylation is 19. The van der Waals surface area contributed by atoms with E-state index in [1.807, 2.05) is 223 Å². The van der Waals surface area contributed by atoms with Crippen LogP contribution in [0.25, 0.3) is 90.0 Å². The van der Waals surface area contributed by atoms with E-state index in [1.165, 1.54) is 50.1 Å². The predicted octanol–water partition coefficient (Wildman–Crippen LogP) is 28.1. The maximum absolute atomic E-state index is 11.5. The van der Waals surface area contributed by atoms with Crippen molar-refractivity contribution in [1.29, 1.82) is 0 Å². The summed E-state index contributed by atoms with van der Waals surface area (Å²) >= 11 is 0. The Morgan fingerprint density at radius 3 is 0.972 bits per heavy atom. The molecule has 7 aliphatic carbocycles. The van der Waals surface area contributed by atoms with Crippen LogP contribution < -0.4 is 4.74 Å². The number of benzene rings is 14. The highest BCUT2D eigenvalue weighted by Crippen LogP contribution is 2.47. The first-order chi connectivity index (χ1) is 68.1. The van der Waals surface area contributed by atoms with E-state index < -0.39 is 16.8 Å². The van der Waals surface area contributed by atoms with Gasteiger partial charge < -0.3 is 60.5 Å². The zero-order valence-electron chi connectivity index (χ0n) is 85.2. The summed E-state index contributed by atoms with van der Waals surface area (Å²) in [4.78, 5) is 11.5. The molecule has 0 aliphatic heterocycles. The number of carbonyl (C=O) groups excluding carboxylic acids is 1. The second-order valence-electron chi connectivity index (χ2n) is 39.9. The minimum atomic E-state index is -1.13. The fourth-order valence-electron chi connectivity index (χ4n) is 21.3. The molecule has 0 radical (unpaired) electrons. The minimum Gasteiger partial charge on any atom is -0.507 e. The van der Waals surface area contributed by atoms with Crippen molar-refractivity contribution < 1.29 is 65.3 Å². The molecule has 6 atom stereocenters. The van der Waals surface area contributed by atoms with Crippen LogP contribution in [0.15, 0.2) is 224 Å². The van der Waals surface area contributed by atoms with Crippen molar-refractivity contribution in [2.75, 3.05) is 14.2 Å². The van der Waals surface area contributed by atoms with Crippen LogP contribution in [0.3, 0.4) is 0 Å². The van der Waals surface area contributed by atoms with Gasteiger partial charge in [0.15, 0.2) is 22.6 Å². The molecule has 6 unspecified atom stereocenters. The Balaban J connectivity index is 0.000000126. The molecule has 728 valence electrons. The van der Waals surface area contributed by atoms with Gasteiger partial charge in [0.25, 0.3) is 0 Å². The van der Waals surface area contributed by atoms with E-state index in [-0.39, 0.29) is 18.0 Å². The normalized spacial score (nSPS) is 17.9. The molecule has 0 spiro atoms. The topological polar surface area (TPSA) is 238 Å². The summed E-state index contributed by atoms with van der Waals surface area (Å²) in [5.74, 6) is 11.3. The summed E-state index contributed by atoms with van der Waals surface area (Å²) in [5.41, 5.74) is 40.8. The third-order valence-electron chi connectivity index (χ3n) is 29.6. The van der Waals surface area contributed by atoms with Gasteiger partial charge in [-0.2, -0.15) is 0 Å². The molecule has 143 heavy (non-hydrogen) atoms. The molecule has 0 aromatic heterocycles. The summed E-state index contributed by atoms with van der Waals surface area (Å²) in [5, 5.41) is 101. The van der Waals surface area contributed by atoms with Gasteiger partial charge in [-0.25, -0.2) is 0 Å². The minimum absolute atomic E-state index is 0.0691. The fourth-order valence-corrected chi connectivity index (χ4v) is 21.3. The van der Waals surface area contributed by atoms with Crippen LogP contribution in [0.2, 0.25) is 0 Å². The number of phenols is 6. The third-order valence-corrected chi connectivity index (χ3v) is 29.6. The van der Waals surface area contributed by atoms with Crippen LogP contribution in [-0.2, 0) is 53.6 Å².